The molecule has 4 atom stereocenters. The van der Waals surface area contributed by atoms with Crippen molar-refractivity contribution < 1.29 is 8.83 Å². The van der Waals surface area contributed by atoms with Crippen molar-refractivity contribution in [3.05, 3.63) is 139 Å². The minimum absolute atomic E-state index is 0.216. The highest BCUT2D eigenvalue weighted by atomic mass is 16.3. The molecule has 1 aliphatic heterocycles. The molecule has 3 aliphatic rings. The number of piperidine rings is 1. The van der Waals surface area contributed by atoms with E-state index in [1.165, 1.54) is 27.4 Å². The number of allylic oxidation sites excluding steroid dienone is 3. The van der Waals surface area contributed by atoms with Gasteiger partial charge in [0.2, 0.25) is 5.71 Å². The summed E-state index contributed by atoms with van der Waals surface area (Å²) in [7, 11) is 0. The smallest absolute Gasteiger partial charge is 0.213 e. The molecular weight excluding hydrogens is 528 g/mol. The van der Waals surface area contributed by atoms with Crippen LogP contribution in [0.3, 0.4) is 0 Å². The minimum Gasteiger partial charge on any atom is -0.456 e. The standard InChI is InChI=1S/C39H28N2O2/c1-2-13-27-24(10-1)23-40(32-20-21-35-38(37(27)32)30-16-5-7-18-33(30)42-35)25-11-9-12-26(22-25)41-31-17-6-3-14-28(31)36-29-15-4-8-19-34(29)43-39(36)41/h1-22,24,27,32,37H,23H2. The van der Waals surface area contributed by atoms with Gasteiger partial charge in [-0.1, -0.05) is 91.0 Å². The lowest BCUT2D eigenvalue weighted by Gasteiger charge is -2.50. The largest absolute Gasteiger partial charge is 0.456 e. The minimum atomic E-state index is 0.216. The SMILES string of the molecule is C1=CC2CN(c3cccc(-n4c5ccccc5c5c6ccccc6oc54)c3)C3C=Cc4oc5ccccc5c4C3C2C=C1. The lowest BCUT2D eigenvalue weighted by molar-refractivity contribution is 0.302. The van der Waals surface area contributed by atoms with E-state index in [1.54, 1.807) is 0 Å². The third-order valence-electron chi connectivity index (χ3n) is 9.90. The molecule has 4 heterocycles. The van der Waals surface area contributed by atoms with Gasteiger partial charge in [-0.25, -0.2) is 0 Å². The highest BCUT2D eigenvalue weighted by molar-refractivity contribution is 6.19. The predicted octanol–water partition coefficient (Wildman–Crippen LogP) is 9.63. The summed E-state index contributed by atoms with van der Waals surface area (Å²) >= 11 is 0. The molecule has 2 aliphatic carbocycles. The van der Waals surface area contributed by atoms with Crippen LogP contribution in [0, 0.1) is 11.8 Å². The normalized spacial score (nSPS) is 22.5. The number of aromatic nitrogens is 1. The fourth-order valence-corrected chi connectivity index (χ4v) is 8.12. The van der Waals surface area contributed by atoms with Crippen molar-refractivity contribution in [2.45, 2.75) is 12.0 Å². The molecule has 0 bridgehead atoms. The zero-order chi connectivity index (χ0) is 28.1. The number of benzene rings is 4. The third kappa shape index (κ3) is 3.21. The Balaban J connectivity index is 1.15. The van der Waals surface area contributed by atoms with Crippen LogP contribution in [0.4, 0.5) is 5.69 Å². The molecule has 10 rings (SSSR count). The van der Waals surface area contributed by atoms with Gasteiger partial charge >= 0.3 is 0 Å². The van der Waals surface area contributed by atoms with Gasteiger partial charge in [-0.3, -0.25) is 4.57 Å². The summed E-state index contributed by atoms with van der Waals surface area (Å²) in [6, 6.07) is 34.7. The Morgan fingerprint density at radius 3 is 2.30 bits per heavy atom. The molecule has 4 nitrogen and oxygen atoms in total. The Kier molecular flexibility index (Phi) is 4.70. The van der Waals surface area contributed by atoms with Gasteiger partial charge in [0.25, 0.3) is 0 Å². The predicted molar refractivity (Wildman–Crippen MR) is 175 cm³/mol. The average Bonchev–Trinajstić information content (AvgIpc) is 3.73. The van der Waals surface area contributed by atoms with Gasteiger partial charge in [-0.05, 0) is 48.4 Å². The first-order valence-electron chi connectivity index (χ1n) is 15.2. The topological polar surface area (TPSA) is 34.5 Å². The van der Waals surface area contributed by atoms with Gasteiger partial charge in [-0.15, -0.1) is 0 Å². The summed E-state index contributed by atoms with van der Waals surface area (Å²) in [6.07, 6.45) is 13.8. The summed E-state index contributed by atoms with van der Waals surface area (Å²) in [5.41, 5.74) is 7.61. The summed E-state index contributed by atoms with van der Waals surface area (Å²) in [5, 5.41) is 4.77. The van der Waals surface area contributed by atoms with E-state index >= 15 is 0 Å². The number of anilines is 1. The highest BCUT2D eigenvalue weighted by Gasteiger charge is 2.45. The molecule has 0 saturated carbocycles. The van der Waals surface area contributed by atoms with Crippen LogP contribution in [-0.2, 0) is 0 Å². The van der Waals surface area contributed by atoms with Gasteiger partial charge < -0.3 is 13.7 Å². The second-order valence-electron chi connectivity index (χ2n) is 12.1. The molecule has 1 fully saturated rings. The first-order valence-corrected chi connectivity index (χ1v) is 15.2. The maximum absolute atomic E-state index is 6.55. The van der Waals surface area contributed by atoms with Gasteiger partial charge in [-0.2, -0.15) is 0 Å². The fourth-order valence-electron chi connectivity index (χ4n) is 8.12. The number of fused-ring (bicyclic) bond motifs is 12. The molecule has 7 aromatic rings. The van der Waals surface area contributed by atoms with Crippen LogP contribution < -0.4 is 4.90 Å². The van der Waals surface area contributed by atoms with E-state index in [2.05, 4.69) is 137 Å². The molecule has 3 aromatic heterocycles. The Labute approximate surface area is 248 Å². The van der Waals surface area contributed by atoms with E-state index in [4.69, 9.17) is 8.83 Å². The molecule has 0 radical (unpaired) electrons. The summed E-state index contributed by atoms with van der Waals surface area (Å²) in [4.78, 5) is 2.61. The Bertz CT molecular complexity index is 2330. The number of nitrogens with zero attached hydrogens (tertiary/aromatic N) is 2. The van der Waals surface area contributed by atoms with Crippen LogP contribution in [0.15, 0.2) is 136 Å². The molecule has 43 heavy (non-hydrogen) atoms. The first kappa shape index (κ1) is 23.4. The molecular formula is C39H28N2O2. The van der Waals surface area contributed by atoms with Crippen molar-refractivity contribution in [3.8, 4) is 5.69 Å². The molecule has 0 N–H and O–H groups in total. The molecule has 0 spiro atoms. The van der Waals surface area contributed by atoms with E-state index in [0.29, 0.717) is 17.8 Å². The monoisotopic (exact) mass is 556 g/mol. The maximum Gasteiger partial charge on any atom is 0.213 e. The van der Waals surface area contributed by atoms with Crippen molar-refractivity contribution in [2.24, 2.45) is 11.8 Å². The van der Waals surface area contributed by atoms with Gasteiger partial charge in [0, 0.05) is 45.8 Å². The Hall–Kier alpha value is -5.22. The van der Waals surface area contributed by atoms with Gasteiger partial charge in [0.15, 0.2) is 0 Å². The van der Waals surface area contributed by atoms with Crippen molar-refractivity contribution in [1.29, 1.82) is 0 Å². The second kappa shape index (κ2) is 8.65. The zero-order valence-electron chi connectivity index (χ0n) is 23.4. The van der Waals surface area contributed by atoms with Crippen molar-refractivity contribution >= 4 is 55.7 Å². The highest BCUT2D eigenvalue weighted by Crippen LogP contribution is 2.51. The summed E-state index contributed by atoms with van der Waals surface area (Å²) in [5.74, 6) is 2.13. The fraction of sp³-hybridized carbons (Fsp3) is 0.128. The first-order chi connectivity index (χ1) is 21.3. The van der Waals surface area contributed by atoms with Crippen LogP contribution >= 0.6 is 0 Å². The van der Waals surface area contributed by atoms with Crippen molar-refractivity contribution in [3.63, 3.8) is 0 Å². The molecule has 4 aromatic carbocycles. The molecule has 4 heteroatoms. The lowest BCUT2D eigenvalue weighted by Crippen LogP contribution is -2.52. The van der Waals surface area contributed by atoms with Crippen LogP contribution in [0.25, 0.3) is 55.7 Å². The summed E-state index contributed by atoms with van der Waals surface area (Å²) in [6.45, 7) is 0.956. The molecule has 0 amide bonds. The second-order valence-corrected chi connectivity index (χ2v) is 12.1. The van der Waals surface area contributed by atoms with Crippen LogP contribution in [-0.4, -0.2) is 17.2 Å². The lowest BCUT2D eigenvalue weighted by atomic mass is 9.66. The third-order valence-corrected chi connectivity index (χ3v) is 9.90. The van der Waals surface area contributed by atoms with E-state index in [9.17, 15) is 0 Å². The van der Waals surface area contributed by atoms with E-state index in [0.717, 1.165) is 45.8 Å². The number of para-hydroxylation sites is 3. The van der Waals surface area contributed by atoms with Crippen LogP contribution in [0.1, 0.15) is 17.2 Å². The van der Waals surface area contributed by atoms with Crippen LogP contribution in [0.2, 0.25) is 0 Å². The molecule has 4 unspecified atom stereocenters. The molecule has 1 saturated heterocycles. The number of hydrogen-bond donors (Lipinski definition) is 0. The number of hydrogen-bond acceptors (Lipinski definition) is 3. The average molecular weight is 557 g/mol. The van der Waals surface area contributed by atoms with E-state index in [1.807, 2.05) is 6.07 Å². The summed E-state index contributed by atoms with van der Waals surface area (Å²) < 4.78 is 15.2. The Morgan fingerprint density at radius 1 is 0.651 bits per heavy atom. The van der Waals surface area contributed by atoms with Crippen molar-refractivity contribution in [2.75, 3.05) is 11.4 Å². The van der Waals surface area contributed by atoms with Gasteiger partial charge in [0.05, 0.1) is 22.6 Å². The van der Waals surface area contributed by atoms with Crippen molar-refractivity contribution in [1.82, 2.24) is 4.57 Å². The van der Waals surface area contributed by atoms with Crippen LogP contribution in [0.5, 0.6) is 0 Å². The zero-order valence-corrected chi connectivity index (χ0v) is 23.4. The van der Waals surface area contributed by atoms with Gasteiger partial charge in [0.1, 0.15) is 16.9 Å². The molecule has 206 valence electrons. The number of furan rings is 2. The maximum atomic E-state index is 6.55. The number of rotatable bonds is 2. The van der Waals surface area contributed by atoms with E-state index in [-0.39, 0.29) is 6.04 Å². The quantitative estimate of drug-likeness (QED) is 0.213. The van der Waals surface area contributed by atoms with E-state index < -0.39 is 0 Å². The Morgan fingerprint density at radius 2 is 1.40 bits per heavy atom.